The molecule has 0 bridgehead atoms. The minimum atomic E-state index is -4.50. The first kappa shape index (κ1) is 15.4. The topological polar surface area (TPSA) is 39.2 Å². The number of aromatic nitrogens is 1. The third kappa shape index (κ3) is 4.05. The van der Waals surface area contributed by atoms with Crippen molar-refractivity contribution < 1.29 is 22.7 Å². The van der Waals surface area contributed by atoms with Crippen molar-refractivity contribution in [2.45, 2.75) is 26.9 Å². The Labute approximate surface area is 97.6 Å². The SMILES string of the molecule is CC.COC(=O)c1cnc(C(F)(F)F)cc1C. The van der Waals surface area contributed by atoms with Crippen molar-refractivity contribution in [3.8, 4) is 0 Å². The van der Waals surface area contributed by atoms with Crippen molar-refractivity contribution >= 4 is 5.97 Å². The summed E-state index contributed by atoms with van der Waals surface area (Å²) < 4.78 is 41.0. The molecule has 0 spiro atoms. The molecule has 0 saturated heterocycles. The maximum atomic E-state index is 12.2. The number of pyridine rings is 1. The molecule has 1 aromatic heterocycles. The molecular weight excluding hydrogens is 235 g/mol. The summed E-state index contributed by atoms with van der Waals surface area (Å²) in [4.78, 5) is 14.2. The number of hydrogen-bond donors (Lipinski definition) is 0. The van der Waals surface area contributed by atoms with Gasteiger partial charge in [-0.15, -0.1) is 0 Å². The van der Waals surface area contributed by atoms with Gasteiger partial charge in [0, 0.05) is 6.20 Å². The molecule has 0 radical (unpaired) electrons. The second-order valence-electron chi connectivity index (χ2n) is 2.87. The van der Waals surface area contributed by atoms with Gasteiger partial charge in [-0.3, -0.25) is 4.98 Å². The highest BCUT2D eigenvalue weighted by Crippen LogP contribution is 2.28. The summed E-state index contributed by atoms with van der Waals surface area (Å²) in [5.41, 5.74) is -0.803. The van der Waals surface area contributed by atoms with Crippen LogP contribution < -0.4 is 0 Å². The van der Waals surface area contributed by atoms with E-state index in [9.17, 15) is 18.0 Å². The highest BCUT2D eigenvalue weighted by molar-refractivity contribution is 5.90. The zero-order valence-corrected chi connectivity index (χ0v) is 10.1. The number of carbonyl (C=O) groups is 1. The molecule has 0 N–H and O–H groups in total. The second kappa shape index (κ2) is 6.22. The van der Waals surface area contributed by atoms with Crippen LogP contribution in [0.25, 0.3) is 0 Å². The lowest BCUT2D eigenvalue weighted by Crippen LogP contribution is -2.11. The van der Waals surface area contributed by atoms with Gasteiger partial charge in [0.15, 0.2) is 0 Å². The molecule has 1 aromatic rings. The lowest BCUT2D eigenvalue weighted by molar-refractivity contribution is -0.141. The highest BCUT2D eigenvalue weighted by atomic mass is 19.4. The van der Waals surface area contributed by atoms with Gasteiger partial charge in [-0.05, 0) is 18.6 Å². The van der Waals surface area contributed by atoms with E-state index in [1.54, 1.807) is 0 Å². The van der Waals surface area contributed by atoms with E-state index in [2.05, 4.69) is 9.72 Å². The molecule has 0 saturated carbocycles. The minimum Gasteiger partial charge on any atom is -0.465 e. The lowest BCUT2D eigenvalue weighted by Gasteiger charge is -2.08. The molecule has 6 heteroatoms. The fourth-order valence-corrected chi connectivity index (χ4v) is 1.03. The van der Waals surface area contributed by atoms with Crippen LogP contribution in [-0.2, 0) is 10.9 Å². The normalized spacial score (nSPS) is 10.3. The van der Waals surface area contributed by atoms with Gasteiger partial charge in [0.1, 0.15) is 5.69 Å². The smallest absolute Gasteiger partial charge is 0.433 e. The number of ether oxygens (including phenoxy) is 1. The Bertz CT molecular complexity index is 389. The standard InChI is InChI=1S/C9H8F3NO2.C2H6/c1-5-3-7(9(10,11)12)13-4-6(5)8(14)15-2;1-2/h3-4H,1-2H3;1-2H3. The Morgan fingerprint density at radius 1 is 1.35 bits per heavy atom. The Balaban J connectivity index is 0.00000121. The van der Waals surface area contributed by atoms with Gasteiger partial charge < -0.3 is 4.74 Å². The fourth-order valence-electron chi connectivity index (χ4n) is 1.03. The molecule has 0 atom stereocenters. The van der Waals surface area contributed by atoms with Crippen molar-refractivity contribution in [1.29, 1.82) is 0 Å². The predicted octanol–water partition coefficient (Wildman–Crippen LogP) is 3.22. The quantitative estimate of drug-likeness (QED) is 0.717. The molecule has 0 aliphatic rings. The summed E-state index contributed by atoms with van der Waals surface area (Å²) in [7, 11) is 1.15. The monoisotopic (exact) mass is 249 g/mol. The molecule has 17 heavy (non-hydrogen) atoms. The maximum Gasteiger partial charge on any atom is 0.433 e. The van der Waals surface area contributed by atoms with E-state index in [1.807, 2.05) is 13.8 Å². The van der Waals surface area contributed by atoms with Crippen LogP contribution in [0, 0.1) is 6.92 Å². The first-order valence-corrected chi connectivity index (χ1v) is 4.98. The largest absolute Gasteiger partial charge is 0.465 e. The molecule has 1 heterocycles. The number of halogens is 3. The van der Waals surface area contributed by atoms with Crippen LogP contribution in [0.5, 0.6) is 0 Å². The van der Waals surface area contributed by atoms with Crippen LogP contribution in [0.4, 0.5) is 13.2 Å². The number of carbonyl (C=O) groups excluding carboxylic acids is 1. The van der Waals surface area contributed by atoms with Crippen LogP contribution in [0.1, 0.15) is 35.5 Å². The van der Waals surface area contributed by atoms with Gasteiger partial charge in [-0.2, -0.15) is 13.2 Å². The van der Waals surface area contributed by atoms with E-state index in [4.69, 9.17) is 0 Å². The molecular formula is C11H14F3NO2. The number of hydrogen-bond acceptors (Lipinski definition) is 3. The van der Waals surface area contributed by atoms with E-state index in [-0.39, 0.29) is 11.1 Å². The molecule has 0 fully saturated rings. The first-order chi connectivity index (χ1) is 7.86. The van der Waals surface area contributed by atoms with Crippen LogP contribution in [0.15, 0.2) is 12.3 Å². The average Bonchev–Trinajstić information content (AvgIpc) is 2.29. The fraction of sp³-hybridized carbons (Fsp3) is 0.455. The average molecular weight is 249 g/mol. The number of alkyl halides is 3. The van der Waals surface area contributed by atoms with Crippen molar-refractivity contribution in [2.75, 3.05) is 7.11 Å². The van der Waals surface area contributed by atoms with Crippen molar-refractivity contribution in [3.05, 3.63) is 29.1 Å². The van der Waals surface area contributed by atoms with Crippen molar-refractivity contribution in [2.24, 2.45) is 0 Å². The Hall–Kier alpha value is -1.59. The van der Waals surface area contributed by atoms with E-state index in [0.717, 1.165) is 19.4 Å². The lowest BCUT2D eigenvalue weighted by atomic mass is 10.1. The van der Waals surface area contributed by atoms with E-state index < -0.39 is 17.8 Å². The number of nitrogens with zero attached hydrogens (tertiary/aromatic N) is 1. The highest BCUT2D eigenvalue weighted by Gasteiger charge is 2.33. The van der Waals surface area contributed by atoms with Crippen LogP contribution in [-0.4, -0.2) is 18.1 Å². The van der Waals surface area contributed by atoms with Gasteiger partial charge in [-0.25, -0.2) is 4.79 Å². The second-order valence-corrected chi connectivity index (χ2v) is 2.87. The number of methoxy groups -OCH3 is 1. The molecule has 0 aliphatic carbocycles. The molecule has 0 amide bonds. The molecule has 1 rings (SSSR count). The van der Waals surface area contributed by atoms with Crippen molar-refractivity contribution in [1.82, 2.24) is 4.98 Å². The van der Waals surface area contributed by atoms with Crippen LogP contribution in [0.3, 0.4) is 0 Å². The number of aryl methyl sites for hydroxylation is 1. The summed E-state index contributed by atoms with van der Waals surface area (Å²) in [5.74, 6) is -0.700. The maximum absolute atomic E-state index is 12.2. The Morgan fingerprint density at radius 2 is 1.88 bits per heavy atom. The van der Waals surface area contributed by atoms with Crippen molar-refractivity contribution in [3.63, 3.8) is 0 Å². The van der Waals surface area contributed by atoms with E-state index in [0.29, 0.717) is 0 Å². The third-order valence-electron chi connectivity index (χ3n) is 1.81. The zero-order valence-electron chi connectivity index (χ0n) is 10.1. The van der Waals surface area contributed by atoms with Gasteiger partial charge in [-0.1, -0.05) is 13.8 Å². The summed E-state index contributed by atoms with van der Waals surface area (Å²) >= 11 is 0. The Kier molecular flexibility index (Phi) is 5.64. The minimum absolute atomic E-state index is 0.0329. The molecule has 0 aromatic carbocycles. The van der Waals surface area contributed by atoms with Crippen LogP contribution >= 0.6 is 0 Å². The van der Waals surface area contributed by atoms with Gasteiger partial charge in [0.05, 0.1) is 12.7 Å². The molecule has 96 valence electrons. The van der Waals surface area contributed by atoms with Gasteiger partial charge >= 0.3 is 12.1 Å². The number of rotatable bonds is 1. The molecule has 3 nitrogen and oxygen atoms in total. The summed E-state index contributed by atoms with van der Waals surface area (Å²) in [5, 5.41) is 0. The third-order valence-corrected chi connectivity index (χ3v) is 1.81. The van der Waals surface area contributed by atoms with E-state index in [1.165, 1.54) is 6.92 Å². The van der Waals surface area contributed by atoms with Gasteiger partial charge in [0.2, 0.25) is 0 Å². The first-order valence-electron chi connectivity index (χ1n) is 4.98. The van der Waals surface area contributed by atoms with Crippen LogP contribution in [0.2, 0.25) is 0 Å². The Morgan fingerprint density at radius 3 is 2.24 bits per heavy atom. The summed E-state index contributed by atoms with van der Waals surface area (Å²) in [6.07, 6.45) is -3.64. The van der Waals surface area contributed by atoms with E-state index >= 15 is 0 Å². The molecule has 0 unspecified atom stereocenters. The summed E-state index contributed by atoms with van der Waals surface area (Å²) in [6, 6.07) is 0.812. The molecule has 0 aliphatic heterocycles. The zero-order chi connectivity index (χ0) is 13.6. The summed E-state index contributed by atoms with van der Waals surface area (Å²) in [6.45, 7) is 5.39. The predicted molar refractivity (Wildman–Crippen MR) is 56.7 cm³/mol. The number of esters is 1. The van der Waals surface area contributed by atoms with Gasteiger partial charge in [0.25, 0.3) is 0 Å².